The van der Waals surface area contributed by atoms with Crippen molar-refractivity contribution in [2.75, 3.05) is 25.6 Å². The first kappa shape index (κ1) is 16.8. The van der Waals surface area contributed by atoms with E-state index in [0.717, 1.165) is 12.3 Å². The fourth-order valence-corrected chi connectivity index (χ4v) is 2.71. The van der Waals surface area contributed by atoms with E-state index in [0.29, 0.717) is 6.04 Å². The van der Waals surface area contributed by atoms with Crippen LogP contribution >= 0.6 is 0 Å². The minimum atomic E-state index is 0.280. The first-order valence-electron chi connectivity index (χ1n) is 7.69. The predicted molar refractivity (Wildman–Crippen MR) is 87.9 cm³/mol. The number of nitrogens with zero attached hydrogens (tertiary/aromatic N) is 1. The standard InChI is InChI=1S/C17H30N2O/c1-7-10-13(3)19(5)15-11-9-12-16(20-6)17(15)14(4)18-8-2/h9,11-14,18H,7-8,10H2,1-6H3. The summed E-state index contributed by atoms with van der Waals surface area (Å²) in [6, 6.07) is 7.12. The topological polar surface area (TPSA) is 24.5 Å². The van der Waals surface area contributed by atoms with Crippen molar-refractivity contribution in [3.63, 3.8) is 0 Å². The third-order valence-electron chi connectivity index (χ3n) is 3.95. The molecule has 0 heterocycles. The lowest BCUT2D eigenvalue weighted by Gasteiger charge is -2.31. The molecular weight excluding hydrogens is 248 g/mol. The minimum absolute atomic E-state index is 0.280. The molecule has 0 bridgehead atoms. The van der Waals surface area contributed by atoms with Crippen molar-refractivity contribution >= 4 is 5.69 Å². The maximum absolute atomic E-state index is 5.58. The first-order chi connectivity index (χ1) is 9.56. The van der Waals surface area contributed by atoms with Gasteiger partial charge in [-0.15, -0.1) is 0 Å². The van der Waals surface area contributed by atoms with E-state index in [-0.39, 0.29) is 6.04 Å². The fourth-order valence-electron chi connectivity index (χ4n) is 2.71. The molecule has 0 aliphatic carbocycles. The lowest BCUT2D eigenvalue weighted by atomic mass is 10.0. The molecule has 1 aromatic rings. The summed E-state index contributed by atoms with van der Waals surface area (Å²) in [6.45, 7) is 9.80. The number of rotatable bonds is 8. The van der Waals surface area contributed by atoms with E-state index in [4.69, 9.17) is 4.74 Å². The maximum atomic E-state index is 5.58. The molecule has 1 aromatic carbocycles. The van der Waals surface area contributed by atoms with Crippen LogP contribution in [0.2, 0.25) is 0 Å². The van der Waals surface area contributed by atoms with Gasteiger partial charge in [0.25, 0.3) is 0 Å². The van der Waals surface area contributed by atoms with E-state index in [1.54, 1.807) is 7.11 Å². The van der Waals surface area contributed by atoms with Gasteiger partial charge in [-0.2, -0.15) is 0 Å². The van der Waals surface area contributed by atoms with Gasteiger partial charge in [-0.05, 0) is 38.9 Å². The van der Waals surface area contributed by atoms with Crippen LogP contribution in [-0.2, 0) is 0 Å². The van der Waals surface area contributed by atoms with Crippen LogP contribution in [0.5, 0.6) is 5.75 Å². The second-order valence-electron chi connectivity index (χ2n) is 5.42. The second-order valence-corrected chi connectivity index (χ2v) is 5.42. The number of benzene rings is 1. The van der Waals surface area contributed by atoms with Crippen molar-refractivity contribution in [2.24, 2.45) is 0 Å². The summed E-state index contributed by atoms with van der Waals surface area (Å²) in [4.78, 5) is 2.37. The quantitative estimate of drug-likeness (QED) is 0.778. The zero-order valence-electron chi connectivity index (χ0n) is 13.9. The summed E-state index contributed by atoms with van der Waals surface area (Å²) in [7, 11) is 3.92. The van der Waals surface area contributed by atoms with E-state index < -0.39 is 0 Å². The summed E-state index contributed by atoms with van der Waals surface area (Å²) in [5.41, 5.74) is 2.51. The van der Waals surface area contributed by atoms with Crippen molar-refractivity contribution in [2.45, 2.75) is 52.6 Å². The van der Waals surface area contributed by atoms with Crippen LogP contribution in [0.3, 0.4) is 0 Å². The van der Waals surface area contributed by atoms with Gasteiger partial charge in [0.1, 0.15) is 5.75 Å². The number of hydrogen-bond donors (Lipinski definition) is 1. The van der Waals surface area contributed by atoms with Crippen molar-refractivity contribution < 1.29 is 4.74 Å². The largest absolute Gasteiger partial charge is 0.496 e. The normalized spacial score (nSPS) is 13.9. The van der Waals surface area contributed by atoms with Gasteiger partial charge in [-0.25, -0.2) is 0 Å². The van der Waals surface area contributed by atoms with Gasteiger partial charge in [0.05, 0.1) is 7.11 Å². The SMILES string of the molecule is CCCC(C)N(C)c1cccc(OC)c1C(C)NCC. The number of methoxy groups -OCH3 is 1. The minimum Gasteiger partial charge on any atom is -0.496 e. The van der Waals surface area contributed by atoms with Crippen LogP contribution in [0.1, 0.15) is 52.1 Å². The van der Waals surface area contributed by atoms with Crippen LogP contribution in [0, 0.1) is 0 Å². The number of ether oxygens (including phenoxy) is 1. The Hall–Kier alpha value is -1.22. The number of anilines is 1. The summed E-state index contributed by atoms with van der Waals surface area (Å²) in [6.07, 6.45) is 2.40. The molecule has 0 aliphatic rings. The molecule has 20 heavy (non-hydrogen) atoms. The van der Waals surface area contributed by atoms with Gasteiger partial charge in [0.15, 0.2) is 0 Å². The Morgan fingerprint density at radius 3 is 2.50 bits per heavy atom. The van der Waals surface area contributed by atoms with Gasteiger partial charge in [-0.1, -0.05) is 26.3 Å². The van der Waals surface area contributed by atoms with E-state index in [1.165, 1.54) is 24.1 Å². The van der Waals surface area contributed by atoms with Crippen LogP contribution in [0.25, 0.3) is 0 Å². The number of nitrogens with one attached hydrogen (secondary N) is 1. The summed E-state index contributed by atoms with van der Waals surface area (Å²) >= 11 is 0. The summed E-state index contributed by atoms with van der Waals surface area (Å²) in [5, 5.41) is 3.50. The van der Waals surface area contributed by atoms with Crippen LogP contribution in [0.15, 0.2) is 18.2 Å². The molecule has 0 amide bonds. The maximum Gasteiger partial charge on any atom is 0.125 e. The highest BCUT2D eigenvalue weighted by Gasteiger charge is 2.20. The van der Waals surface area contributed by atoms with Gasteiger partial charge in [0.2, 0.25) is 0 Å². The molecule has 2 atom stereocenters. The molecule has 1 rings (SSSR count). The summed E-state index contributed by atoms with van der Waals surface area (Å²) in [5.74, 6) is 0.964. The lowest BCUT2D eigenvalue weighted by molar-refractivity contribution is 0.402. The van der Waals surface area contributed by atoms with E-state index >= 15 is 0 Å². The molecule has 0 fully saturated rings. The molecule has 114 valence electrons. The number of hydrogen-bond acceptors (Lipinski definition) is 3. The Kier molecular flexibility index (Phi) is 6.86. The molecule has 0 saturated heterocycles. The highest BCUT2D eigenvalue weighted by atomic mass is 16.5. The summed E-state index contributed by atoms with van der Waals surface area (Å²) < 4.78 is 5.58. The van der Waals surface area contributed by atoms with Crippen LogP contribution < -0.4 is 15.0 Å². The van der Waals surface area contributed by atoms with Crippen molar-refractivity contribution in [1.82, 2.24) is 5.32 Å². The van der Waals surface area contributed by atoms with E-state index in [9.17, 15) is 0 Å². The van der Waals surface area contributed by atoms with Crippen molar-refractivity contribution in [3.05, 3.63) is 23.8 Å². The zero-order valence-corrected chi connectivity index (χ0v) is 13.9. The lowest BCUT2D eigenvalue weighted by Crippen LogP contribution is -2.31. The van der Waals surface area contributed by atoms with Gasteiger partial charge < -0.3 is 15.0 Å². The van der Waals surface area contributed by atoms with Gasteiger partial charge in [-0.3, -0.25) is 0 Å². The first-order valence-corrected chi connectivity index (χ1v) is 7.69. The Labute approximate surface area is 124 Å². The zero-order chi connectivity index (χ0) is 15.1. The van der Waals surface area contributed by atoms with Crippen molar-refractivity contribution in [3.8, 4) is 5.75 Å². The average molecular weight is 278 g/mol. The molecule has 0 saturated carbocycles. The molecule has 3 nitrogen and oxygen atoms in total. The Bertz CT molecular complexity index is 406. The Morgan fingerprint density at radius 2 is 1.95 bits per heavy atom. The van der Waals surface area contributed by atoms with Crippen LogP contribution in [0.4, 0.5) is 5.69 Å². The average Bonchev–Trinajstić information content (AvgIpc) is 2.46. The molecule has 1 N–H and O–H groups in total. The smallest absolute Gasteiger partial charge is 0.125 e. The van der Waals surface area contributed by atoms with Crippen LogP contribution in [-0.4, -0.2) is 26.7 Å². The fraction of sp³-hybridized carbons (Fsp3) is 0.647. The van der Waals surface area contributed by atoms with Crippen molar-refractivity contribution in [1.29, 1.82) is 0 Å². The monoisotopic (exact) mass is 278 g/mol. The molecule has 0 aromatic heterocycles. The third kappa shape index (κ3) is 3.89. The molecular formula is C17H30N2O. The third-order valence-corrected chi connectivity index (χ3v) is 3.95. The highest BCUT2D eigenvalue weighted by molar-refractivity contribution is 5.61. The van der Waals surface area contributed by atoms with E-state index in [2.05, 4.69) is 57.1 Å². The van der Waals surface area contributed by atoms with Gasteiger partial charge in [0, 0.05) is 30.4 Å². The molecule has 0 spiro atoms. The Balaban J connectivity index is 3.17. The second kappa shape index (κ2) is 8.15. The molecule has 0 radical (unpaired) electrons. The molecule has 3 heteroatoms. The molecule has 0 aliphatic heterocycles. The molecule has 2 unspecified atom stereocenters. The highest BCUT2D eigenvalue weighted by Crippen LogP contribution is 2.35. The predicted octanol–water partition coefficient (Wildman–Crippen LogP) is 3.99. The van der Waals surface area contributed by atoms with Gasteiger partial charge >= 0.3 is 0 Å². The Morgan fingerprint density at radius 1 is 1.25 bits per heavy atom. The van der Waals surface area contributed by atoms with E-state index in [1.807, 2.05) is 6.07 Å².